The summed E-state index contributed by atoms with van der Waals surface area (Å²) in [6.45, 7) is 2.47. The van der Waals surface area contributed by atoms with Crippen LogP contribution in [-0.2, 0) is 6.54 Å². The van der Waals surface area contributed by atoms with Gasteiger partial charge in [-0.1, -0.05) is 12.1 Å². The summed E-state index contributed by atoms with van der Waals surface area (Å²) < 4.78 is 5.83. The van der Waals surface area contributed by atoms with Gasteiger partial charge in [-0.3, -0.25) is 4.79 Å². The van der Waals surface area contributed by atoms with Crippen LogP contribution in [0.25, 0.3) is 11.0 Å². The molecule has 3 rings (SSSR count). The van der Waals surface area contributed by atoms with Crippen molar-refractivity contribution in [3.8, 4) is 5.75 Å². The molecule has 2 heterocycles. The van der Waals surface area contributed by atoms with Gasteiger partial charge in [0.15, 0.2) is 5.65 Å². The number of pyridine rings is 1. The van der Waals surface area contributed by atoms with Crippen molar-refractivity contribution in [3.05, 3.63) is 58.3 Å². The van der Waals surface area contributed by atoms with Gasteiger partial charge in [-0.15, -0.1) is 4.73 Å². The molecule has 0 bridgehead atoms. The number of nitrogens with one attached hydrogen (secondary N) is 1. The van der Waals surface area contributed by atoms with Crippen LogP contribution in [0.3, 0.4) is 0 Å². The number of fused-ring (bicyclic) bond motifs is 1. The fourth-order valence-electron chi connectivity index (χ4n) is 2.50. The van der Waals surface area contributed by atoms with E-state index in [4.69, 9.17) is 9.84 Å². The zero-order chi connectivity index (χ0) is 17.8. The second-order valence-corrected chi connectivity index (χ2v) is 5.44. The first-order chi connectivity index (χ1) is 12.1. The number of aliphatic hydroxyl groups is 1. The lowest BCUT2D eigenvalue weighted by atomic mass is 10.2. The molecule has 0 spiro atoms. The molecule has 0 saturated heterocycles. The molecule has 0 aliphatic rings. The first-order valence-electron chi connectivity index (χ1n) is 7.73. The molecule has 2 aromatic heterocycles. The number of aromatic nitrogens is 3. The summed E-state index contributed by atoms with van der Waals surface area (Å²) in [6, 6.07) is 8.71. The third-order valence-corrected chi connectivity index (χ3v) is 3.73. The van der Waals surface area contributed by atoms with Gasteiger partial charge in [0, 0.05) is 12.6 Å². The van der Waals surface area contributed by atoms with Gasteiger partial charge in [-0.05, 0) is 24.6 Å². The Hall–Kier alpha value is -3.13. The molecule has 0 amide bonds. The van der Waals surface area contributed by atoms with E-state index in [9.17, 15) is 10.0 Å². The summed E-state index contributed by atoms with van der Waals surface area (Å²) in [6.07, 6.45) is 1.30. The zero-order valence-corrected chi connectivity index (χ0v) is 13.6. The molecule has 8 heteroatoms. The van der Waals surface area contributed by atoms with Gasteiger partial charge in [0.25, 0.3) is 5.56 Å². The highest BCUT2D eigenvalue weighted by atomic mass is 16.5. The number of ether oxygens (including phenoxy) is 1. The Bertz CT molecular complexity index is 938. The monoisotopic (exact) mass is 342 g/mol. The van der Waals surface area contributed by atoms with Crippen molar-refractivity contribution in [3.63, 3.8) is 0 Å². The highest BCUT2D eigenvalue weighted by Crippen LogP contribution is 2.22. The van der Waals surface area contributed by atoms with Crippen molar-refractivity contribution in [1.29, 1.82) is 0 Å². The smallest absolute Gasteiger partial charge is 0.286 e. The molecule has 0 radical (unpaired) electrons. The number of aryl methyl sites for hydroxylation is 1. The number of rotatable bonds is 6. The van der Waals surface area contributed by atoms with Crippen LogP contribution in [0.5, 0.6) is 5.75 Å². The fraction of sp³-hybridized carbons (Fsp3) is 0.235. The second-order valence-electron chi connectivity index (χ2n) is 5.44. The van der Waals surface area contributed by atoms with E-state index in [1.807, 2.05) is 24.3 Å². The van der Waals surface area contributed by atoms with Crippen molar-refractivity contribution in [2.75, 3.05) is 18.5 Å². The van der Waals surface area contributed by atoms with E-state index in [-0.39, 0.29) is 18.9 Å². The molecule has 130 valence electrons. The molecule has 25 heavy (non-hydrogen) atoms. The van der Waals surface area contributed by atoms with Gasteiger partial charge in [0.05, 0.1) is 23.4 Å². The van der Waals surface area contributed by atoms with Crippen molar-refractivity contribution in [1.82, 2.24) is 14.7 Å². The second kappa shape index (κ2) is 7.18. The molecule has 0 unspecified atom stereocenters. The molecule has 8 nitrogen and oxygen atoms in total. The fourth-order valence-corrected chi connectivity index (χ4v) is 2.50. The van der Waals surface area contributed by atoms with E-state index in [0.29, 0.717) is 33.8 Å². The first kappa shape index (κ1) is 16.7. The van der Waals surface area contributed by atoms with Crippen molar-refractivity contribution in [2.45, 2.75) is 13.5 Å². The number of nitrogens with zero attached hydrogens (tertiary/aromatic N) is 3. The maximum Gasteiger partial charge on any atom is 0.286 e. The molecule has 3 aromatic rings. The lowest BCUT2D eigenvalue weighted by Crippen LogP contribution is -2.20. The van der Waals surface area contributed by atoms with Crippen LogP contribution in [0, 0.1) is 6.92 Å². The largest absolute Gasteiger partial charge is 0.491 e. The number of benzene rings is 1. The Morgan fingerprint density at radius 1 is 1.24 bits per heavy atom. The number of anilines is 1. The molecule has 0 aliphatic heterocycles. The van der Waals surface area contributed by atoms with Crippen LogP contribution in [0.4, 0.5) is 5.69 Å². The van der Waals surface area contributed by atoms with Crippen molar-refractivity contribution >= 4 is 16.7 Å². The Labute approximate surface area is 143 Å². The summed E-state index contributed by atoms with van der Waals surface area (Å²) >= 11 is 0. The molecule has 0 aliphatic carbocycles. The van der Waals surface area contributed by atoms with E-state index in [0.717, 1.165) is 5.56 Å². The van der Waals surface area contributed by atoms with Gasteiger partial charge in [-0.2, -0.15) is 0 Å². The SMILES string of the molecule is Cc1ncnc2c1c(NCc1ccc(OCCO)cc1)cc(=O)n2O. The third kappa shape index (κ3) is 3.53. The quantitative estimate of drug-likeness (QED) is 0.580. The third-order valence-electron chi connectivity index (χ3n) is 3.73. The van der Waals surface area contributed by atoms with Gasteiger partial charge < -0.3 is 20.4 Å². The molecule has 3 N–H and O–H groups in total. The zero-order valence-electron chi connectivity index (χ0n) is 13.6. The van der Waals surface area contributed by atoms with Crippen LogP contribution < -0.4 is 15.6 Å². The van der Waals surface area contributed by atoms with E-state index < -0.39 is 5.56 Å². The van der Waals surface area contributed by atoms with Crippen molar-refractivity contribution < 1.29 is 15.1 Å². The molecule has 1 aromatic carbocycles. The summed E-state index contributed by atoms with van der Waals surface area (Å²) in [5, 5.41) is 22.4. The average molecular weight is 342 g/mol. The minimum absolute atomic E-state index is 0.0335. The van der Waals surface area contributed by atoms with Crippen LogP contribution in [0.1, 0.15) is 11.3 Å². The number of aliphatic hydroxyl groups excluding tert-OH is 1. The van der Waals surface area contributed by atoms with Gasteiger partial charge in [0.1, 0.15) is 18.7 Å². The van der Waals surface area contributed by atoms with Gasteiger partial charge in [-0.25, -0.2) is 9.97 Å². The Morgan fingerprint density at radius 2 is 2.00 bits per heavy atom. The minimum atomic E-state index is -0.569. The van der Waals surface area contributed by atoms with Crippen LogP contribution >= 0.6 is 0 Å². The maximum atomic E-state index is 11.9. The Morgan fingerprint density at radius 3 is 2.72 bits per heavy atom. The molecule has 0 atom stereocenters. The lowest BCUT2D eigenvalue weighted by molar-refractivity contribution is 0.186. The molecule has 0 saturated carbocycles. The summed E-state index contributed by atoms with van der Waals surface area (Å²) in [7, 11) is 0. The maximum absolute atomic E-state index is 11.9. The standard InChI is InChI=1S/C17H18N4O4/c1-11-16-14(8-15(23)21(24)17(16)20-10-19-11)18-9-12-2-4-13(5-3-12)25-7-6-22/h2-5,8,10,18,22,24H,6-7,9H2,1H3. The van der Waals surface area contributed by atoms with E-state index in [2.05, 4.69) is 15.3 Å². The van der Waals surface area contributed by atoms with Crippen molar-refractivity contribution in [2.24, 2.45) is 0 Å². The Balaban J connectivity index is 1.84. The van der Waals surface area contributed by atoms with E-state index in [1.165, 1.54) is 12.4 Å². The topological polar surface area (TPSA) is 110 Å². The lowest BCUT2D eigenvalue weighted by Gasteiger charge is -2.12. The summed E-state index contributed by atoms with van der Waals surface area (Å²) in [5.41, 5.74) is 1.79. The van der Waals surface area contributed by atoms with Crippen LogP contribution in [0.15, 0.2) is 41.5 Å². The number of hydrogen-bond donors (Lipinski definition) is 3. The molecular weight excluding hydrogens is 324 g/mol. The first-order valence-corrected chi connectivity index (χ1v) is 7.73. The van der Waals surface area contributed by atoms with E-state index in [1.54, 1.807) is 6.92 Å². The van der Waals surface area contributed by atoms with Crippen LogP contribution in [0.2, 0.25) is 0 Å². The minimum Gasteiger partial charge on any atom is -0.491 e. The Kier molecular flexibility index (Phi) is 4.80. The molecular formula is C17H18N4O4. The van der Waals surface area contributed by atoms with Crippen LogP contribution in [-0.4, -0.2) is 38.2 Å². The van der Waals surface area contributed by atoms with Gasteiger partial charge >= 0.3 is 0 Å². The summed E-state index contributed by atoms with van der Waals surface area (Å²) in [5.74, 6) is 0.676. The van der Waals surface area contributed by atoms with E-state index >= 15 is 0 Å². The normalized spacial score (nSPS) is 10.8. The average Bonchev–Trinajstić information content (AvgIpc) is 2.63. The predicted molar refractivity (Wildman–Crippen MR) is 92.1 cm³/mol. The highest BCUT2D eigenvalue weighted by Gasteiger charge is 2.12. The predicted octanol–water partition coefficient (Wildman–Crippen LogP) is 1.32. The van der Waals surface area contributed by atoms with Gasteiger partial charge in [0.2, 0.25) is 0 Å². The highest BCUT2D eigenvalue weighted by molar-refractivity contribution is 5.90. The summed E-state index contributed by atoms with van der Waals surface area (Å²) in [4.78, 5) is 20.0. The molecule has 0 fully saturated rings. The number of hydrogen-bond acceptors (Lipinski definition) is 7.